The Morgan fingerprint density at radius 2 is 1.79 bits per heavy atom. The van der Waals surface area contributed by atoms with Gasteiger partial charge in [0.2, 0.25) is 10.0 Å². The molecule has 0 spiro atoms. The van der Waals surface area contributed by atoms with E-state index in [2.05, 4.69) is 18.6 Å². The summed E-state index contributed by atoms with van der Waals surface area (Å²) in [6.07, 6.45) is 1.27. The lowest BCUT2D eigenvalue weighted by Gasteiger charge is -2.13. The van der Waals surface area contributed by atoms with E-state index in [1.807, 2.05) is 30.3 Å². The average molecular weight is 275 g/mol. The normalized spacial score (nSPS) is 13.6. The molecule has 0 aliphatic carbocycles. The third-order valence-corrected chi connectivity index (χ3v) is 4.42. The van der Waals surface area contributed by atoms with E-state index in [1.165, 1.54) is 0 Å². The molecule has 0 aliphatic heterocycles. The van der Waals surface area contributed by atoms with Crippen LogP contribution >= 0.6 is 0 Å². The SMILES string of the molecule is [CH2]CCC([CH2])NS(=O)(=O)c1ccc2ccccc2c1. The van der Waals surface area contributed by atoms with Crippen LogP contribution < -0.4 is 4.72 Å². The second-order valence-electron chi connectivity index (χ2n) is 4.47. The zero-order chi connectivity index (χ0) is 13.9. The zero-order valence-corrected chi connectivity index (χ0v) is 11.5. The van der Waals surface area contributed by atoms with Crippen LogP contribution in [0.15, 0.2) is 47.4 Å². The molecule has 0 saturated heterocycles. The minimum absolute atomic E-state index is 0.268. The van der Waals surface area contributed by atoms with Crippen molar-refractivity contribution in [3.63, 3.8) is 0 Å². The van der Waals surface area contributed by atoms with Crippen molar-refractivity contribution < 1.29 is 8.42 Å². The Hall–Kier alpha value is -1.39. The van der Waals surface area contributed by atoms with Crippen molar-refractivity contribution >= 4 is 20.8 Å². The van der Waals surface area contributed by atoms with Crippen molar-refractivity contribution in [2.75, 3.05) is 0 Å². The summed E-state index contributed by atoms with van der Waals surface area (Å²) in [5, 5.41) is 1.92. The molecule has 1 unspecified atom stereocenters. The molecule has 2 aromatic rings. The molecule has 19 heavy (non-hydrogen) atoms. The van der Waals surface area contributed by atoms with Gasteiger partial charge in [0.1, 0.15) is 0 Å². The first-order chi connectivity index (χ1) is 9.03. The van der Waals surface area contributed by atoms with Gasteiger partial charge in [-0.25, -0.2) is 13.1 Å². The summed E-state index contributed by atoms with van der Waals surface area (Å²) in [6.45, 7) is 7.47. The van der Waals surface area contributed by atoms with Gasteiger partial charge >= 0.3 is 0 Å². The van der Waals surface area contributed by atoms with Gasteiger partial charge in [0.25, 0.3) is 0 Å². The fraction of sp³-hybridized carbons (Fsp3) is 0.200. The molecule has 0 aliphatic rings. The molecule has 100 valence electrons. The minimum Gasteiger partial charge on any atom is -0.208 e. The van der Waals surface area contributed by atoms with E-state index in [0.29, 0.717) is 12.8 Å². The first-order valence-corrected chi connectivity index (χ1v) is 7.65. The molecular formula is C15H17NO2S. The lowest BCUT2D eigenvalue weighted by molar-refractivity contribution is 0.563. The van der Waals surface area contributed by atoms with E-state index in [9.17, 15) is 8.42 Å². The van der Waals surface area contributed by atoms with Crippen LogP contribution in [0.1, 0.15) is 12.8 Å². The fourth-order valence-corrected chi connectivity index (χ4v) is 3.15. The largest absolute Gasteiger partial charge is 0.240 e. The molecule has 1 N–H and O–H groups in total. The molecule has 3 nitrogen and oxygen atoms in total. The topological polar surface area (TPSA) is 46.2 Å². The highest BCUT2D eigenvalue weighted by molar-refractivity contribution is 7.89. The molecule has 2 aromatic carbocycles. The van der Waals surface area contributed by atoms with E-state index in [1.54, 1.807) is 12.1 Å². The maximum Gasteiger partial charge on any atom is 0.240 e. The number of hydrogen-bond acceptors (Lipinski definition) is 2. The Bertz CT molecular complexity index is 665. The summed E-state index contributed by atoms with van der Waals surface area (Å²) >= 11 is 0. The number of benzene rings is 2. The van der Waals surface area contributed by atoms with E-state index < -0.39 is 10.0 Å². The van der Waals surface area contributed by atoms with Crippen molar-refractivity contribution in [1.29, 1.82) is 0 Å². The summed E-state index contributed by atoms with van der Waals surface area (Å²) in [4.78, 5) is 0.268. The summed E-state index contributed by atoms with van der Waals surface area (Å²) in [7, 11) is -3.51. The summed E-state index contributed by atoms with van der Waals surface area (Å²) in [5.74, 6) is 0. The van der Waals surface area contributed by atoms with Crippen LogP contribution in [0.2, 0.25) is 0 Å². The first-order valence-electron chi connectivity index (χ1n) is 6.16. The van der Waals surface area contributed by atoms with Crippen molar-refractivity contribution in [2.45, 2.75) is 23.8 Å². The molecule has 2 radical (unpaired) electrons. The van der Waals surface area contributed by atoms with Gasteiger partial charge in [0, 0.05) is 6.04 Å². The molecule has 0 bridgehead atoms. The third-order valence-electron chi connectivity index (χ3n) is 2.91. The summed E-state index contributed by atoms with van der Waals surface area (Å²) < 4.78 is 26.9. The van der Waals surface area contributed by atoms with Crippen LogP contribution in [0.25, 0.3) is 10.8 Å². The van der Waals surface area contributed by atoms with Crippen LogP contribution in [0.3, 0.4) is 0 Å². The minimum atomic E-state index is -3.51. The highest BCUT2D eigenvalue weighted by atomic mass is 32.2. The van der Waals surface area contributed by atoms with E-state index in [4.69, 9.17) is 0 Å². The van der Waals surface area contributed by atoms with Crippen LogP contribution in [0.5, 0.6) is 0 Å². The molecule has 4 heteroatoms. The fourth-order valence-electron chi connectivity index (χ4n) is 1.93. The van der Waals surface area contributed by atoms with Gasteiger partial charge in [-0.3, -0.25) is 0 Å². The molecular weight excluding hydrogens is 258 g/mol. The van der Waals surface area contributed by atoms with Gasteiger partial charge < -0.3 is 0 Å². The Morgan fingerprint density at radius 3 is 2.47 bits per heavy atom. The Morgan fingerprint density at radius 1 is 1.11 bits per heavy atom. The Balaban J connectivity index is 2.32. The highest BCUT2D eigenvalue weighted by Crippen LogP contribution is 2.19. The predicted molar refractivity (Wildman–Crippen MR) is 78.0 cm³/mol. The Labute approximate surface area is 114 Å². The number of nitrogens with one attached hydrogen (secondary N) is 1. The lowest BCUT2D eigenvalue weighted by atomic mass is 10.1. The van der Waals surface area contributed by atoms with E-state index in [-0.39, 0.29) is 10.9 Å². The predicted octanol–water partition coefficient (Wildman–Crippen LogP) is 2.94. The molecule has 0 amide bonds. The van der Waals surface area contributed by atoms with Gasteiger partial charge in [-0.1, -0.05) is 43.7 Å². The lowest BCUT2D eigenvalue weighted by Crippen LogP contribution is -2.32. The van der Waals surface area contributed by atoms with Crippen molar-refractivity contribution in [1.82, 2.24) is 4.72 Å². The number of fused-ring (bicyclic) bond motifs is 1. The van der Waals surface area contributed by atoms with Gasteiger partial charge in [-0.15, -0.1) is 0 Å². The molecule has 0 heterocycles. The van der Waals surface area contributed by atoms with Gasteiger partial charge in [0.15, 0.2) is 0 Å². The molecule has 0 saturated carbocycles. The zero-order valence-electron chi connectivity index (χ0n) is 10.7. The van der Waals surface area contributed by atoms with Gasteiger partial charge in [-0.05, 0) is 36.2 Å². The monoisotopic (exact) mass is 275 g/mol. The Kier molecular flexibility index (Phi) is 4.22. The van der Waals surface area contributed by atoms with Gasteiger partial charge in [-0.2, -0.15) is 0 Å². The first kappa shape index (κ1) is 14.0. The average Bonchev–Trinajstić information content (AvgIpc) is 2.37. The van der Waals surface area contributed by atoms with Crippen molar-refractivity contribution in [3.05, 3.63) is 56.3 Å². The van der Waals surface area contributed by atoms with E-state index >= 15 is 0 Å². The molecule has 2 rings (SSSR count). The van der Waals surface area contributed by atoms with Crippen LogP contribution in [-0.4, -0.2) is 14.5 Å². The maximum absolute atomic E-state index is 12.2. The number of rotatable bonds is 5. The number of hydrogen-bond donors (Lipinski definition) is 1. The van der Waals surface area contributed by atoms with Crippen molar-refractivity contribution in [2.24, 2.45) is 0 Å². The molecule has 0 fully saturated rings. The molecule has 0 aromatic heterocycles. The second kappa shape index (κ2) is 5.72. The quantitative estimate of drug-likeness (QED) is 0.912. The van der Waals surface area contributed by atoms with Crippen LogP contribution in [0, 0.1) is 13.8 Å². The van der Waals surface area contributed by atoms with Crippen LogP contribution in [0.4, 0.5) is 0 Å². The smallest absolute Gasteiger partial charge is 0.208 e. The third kappa shape index (κ3) is 3.33. The maximum atomic E-state index is 12.2. The van der Waals surface area contributed by atoms with E-state index in [0.717, 1.165) is 10.8 Å². The summed E-state index contributed by atoms with van der Waals surface area (Å²) in [6, 6.07) is 12.4. The summed E-state index contributed by atoms with van der Waals surface area (Å²) in [5.41, 5.74) is 0. The molecule has 1 atom stereocenters. The number of sulfonamides is 1. The second-order valence-corrected chi connectivity index (χ2v) is 6.18. The van der Waals surface area contributed by atoms with Gasteiger partial charge in [0.05, 0.1) is 4.90 Å². The van der Waals surface area contributed by atoms with Crippen LogP contribution in [-0.2, 0) is 10.0 Å². The highest BCUT2D eigenvalue weighted by Gasteiger charge is 2.17. The standard InChI is InChI=1S/C15H17NO2S/c1-3-6-12(2)16-19(17,18)15-10-9-13-7-4-5-8-14(13)11-15/h4-5,7-12,16H,1-3,6H2. The van der Waals surface area contributed by atoms with Crippen molar-refractivity contribution in [3.8, 4) is 0 Å².